The van der Waals surface area contributed by atoms with Gasteiger partial charge in [-0.2, -0.15) is 0 Å². The standard InChI is InChI=1S/C16H16ClNO4S/c1-11-13(17)8-6-10-15(11)23(20,21)18(2)14-9-5-4-7-12(14)16(19)22-3/h4-10H,1-3H3. The van der Waals surface area contributed by atoms with Crippen LogP contribution in [0.4, 0.5) is 5.69 Å². The van der Waals surface area contributed by atoms with Gasteiger partial charge in [0.25, 0.3) is 10.0 Å². The highest BCUT2D eigenvalue weighted by Gasteiger charge is 2.27. The molecular formula is C16H16ClNO4S. The SMILES string of the molecule is COC(=O)c1ccccc1N(C)S(=O)(=O)c1cccc(Cl)c1C. The van der Waals surface area contributed by atoms with Crippen molar-refractivity contribution in [3.8, 4) is 0 Å². The van der Waals surface area contributed by atoms with Crippen LogP contribution in [0.2, 0.25) is 5.02 Å². The number of rotatable bonds is 4. The summed E-state index contributed by atoms with van der Waals surface area (Å²) in [6.07, 6.45) is 0. The van der Waals surface area contributed by atoms with Crippen molar-refractivity contribution in [2.45, 2.75) is 11.8 Å². The van der Waals surface area contributed by atoms with Gasteiger partial charge in [-0.05, 0) is 36.8 Å². The molecule has 2 rings (SSSR count). The van der Waals surface area contributed by atoms with E-state index >= 15 is 0 Å². The van der Waals surface area contributed by atoms with Gasteiger partial charge in [-0.1, -0.05) is 29.8 Å². The predicted octanol–water partition coefficient (Wildman–Crippen LogP) is 3.26. The molecule has 2 aromatic carbocycles. The number of hydrogen-bond donors (Lipinski definition) is 0. The van der Waals surface area contributed by atoms with Crippen LogP contribution in [0.15, 0.2) is 47.4 Å². The van der Waals surface area contributed by atoms with Crippen molar-refractivity contribution in [2.75, 3.05) is 18.5 Å². The third kappa shape index (κ3) is 3.18. The summed E-state index contributed by atoms with van der Waals surface area (Å²) in [5.41, 5.74) is 0.857. The highest BCUT2D eigenvalue weighted by Crippen LogP contribution is 2.29. The van der Waals surface area contributed by atoms with E-state index in [-0.39, 0.29) is 16.1 Å². The molecular weight excluding hydrogens is 338 g/mol. The van der Waals surface area contributed by atoms with E-state index in [0.717, 1.165) is 4.31 Å². The van der Waals surface area contributed by atoms with Crippen LogP contribution in [0.25, 0.3) is 0 Å². The van der Waals surface area contributed by atoms with Gasteiger partial charge in [-0.15, -0.1) is 0 Å². The lowest BCUT2D eigenvalue weighted by molar-refractivity contribution is 0.0601. The Morgan fingerprint density at radius 3 is 2.43 bits per heavy atom. The largest absolute Gasteiger partial charge is 0.465 e. The van der Waals surface area contributed by atoms with E-state index in [9.17, 15) is 13.2 Å². The molecule has 0 saturated heterocycles. The quantitative estimate of drug-likeness (QED) is 0.791. The molecule has 23 heavy (non-hydrogen) atoms. The van der Waals surface area contributed by atoms with Crippen LogP contribution < -0.4 is 4.31 Å². The van der Waals surface area contributed by atoms with Gasteiger partial charge in [0.1, 0.15) is 0 Å². The van der Waals surface area contributed by atoms with Crippen molar-refractivity contribution in [1.29, 1.82) is 0 Å². The Kier molecular flexibility index (Phi) is 4.97. The lowest BCUT2D eigenvalue weighted by Gasteiger charge is -2.22. The molecule has 0 aliphatic rings. The Bertz CT molecular complexity index is 849. The smallest absolute Gasteiger partial charge is 0.340 e. The summed E-state index contributed by atoms with van der Waals surface area (Å²) >= 11 is 6.02. The van der Waals surface area contributed by atoms with Gasteiger partial charge in [0.2, 0.25) is 0 Å². The first-order valence-corrected chi connectivity index (χ1v) is 8.54. The normalized spacial score (nSPS) is 11.1. The number of benzene rings is 2. The zero-order valence-electron chi connectivity index (χ0n) is 12.9. The summed E-state index contributed by atoms with van der Waals surface area (Å²) in [5.74, 6) is -0.606. The number of halogens is 1. The lowest BCUT2D eigenvalue weighted by atomic mass is 10.2. The van der Waals surface area contributed by atoms with Gasteiger partial charge in [-0.3, -0.25) is 4.31 Å². The molecule has 0 spiro atoms. The molecule has 0 unspecified atom stereocenters. The molecule has 122 valence electrons. The fourth-order valence-electron chi connectivity index (χ4n) is 2.17. The third-order valence-electron chi connectivity index (χ3n) is 3.51. The van der Waals surface area contributed by atoms with Gasteiger partial charge < -0.3 is 4.74 Å². The minimum atomic E-state index is -3.87. The molecule has 5 nitrogen and oxygen atoms in total. The first-order valence-electron chi connectivity index (χ1n) is 6.72. The number of carbonyl (C=O) groups excluding carboxylic acids is 1. The van der Waals surface area contributed by atoms with E-state index in [2.05, 4.69) is 0 Å². The highest BCUT2D eigenvalue weighted by molar-refractivity contribution is 7.92. The molecule has 0 aliphatic carbocycles. The van der Waals surface area contributed by atoms with Crippen LogP contribution in [-0.4, -0.2) is 28.5 Å². The fourth-order valence-corrected chi connectivity index (χ4v) is 3.87. The Morgan fingerprint density at radius 1 is 1.13 bits per heavy atom. The number of carbonyl (C=O) groups is 1. The van der Waals surface area contributed by atoms with E-state index in [1.54, 1.807) is 37.3 Å². The van der Waals surface area contributed by atoms with E-state index in [1.165, 1.54) is 26.3 Å². The molecule has 0 atom stereocenters. The van der Waals surface area contributed by atoms with Gasteiger partial charge >= 0.3 is 5.97 Å². The van der Waals surface area contributed by atoms with Gasteiger partial charge in [-0.25, -0.2) is 13.2 Å². The first kappa shape index (κ1) is 17.3. The van der Waals surface area contributed by atoms with Crippen molar-refractivity contribution >= 4 is 33.3 Å². The molecule has 0 heterocycles. The molecule has 0 aromatic heterocycles. The fraction of sp³-hybridized carbons (Fsp3) is 0.188. The zero-order chi connectivity index (χ0) is 17.2. The topological polar surface area (TPSA) is 63.7 Å². The molecule has 0 bridgehead atoms. The number of esters is 1. The average Bonchev–Trinajstić information content (AvgIpc) is 2.55. The molecule has 0 aliphatic heterocycles. The molecule has 0 fully saturated rings. The van der Waals surface area contributed by atoms with Gasteiger partial charge in [0, 0.05) is 12.1 Å². The predicted molar refractivity (Wildman–Crippen MR) is 89.6 cm³/mol. The zero-order valence-corrected chi connectivity index (χ0v) is 14.5. The summed E-state index contributed by atoms with van der Waals surface area (Å²) in [6, 6.07) is 11.0. The van der Waals surface area contributed by atoms with Crippen molar-refractivity contribution < 1.29 is 17.9 Å². The maximum atomic E-state index is 12.9. The van der Waals surface area contributed by atoms with E-state index in [0.29, 0.717) is 10.6 Å². The second kappa shape index (κ2) is 6.60. The van der Waals surface area contributed by atoms with E-state index in [4.69, 9.17) is 16.3 Å². The number of anilines is 1. The van der Waals surface area contributed by atoms with Crippen LogP contribution in [0.3, 0.4) is 0 Å². The van der Waals surface area contributed by atoms with Crippen molar-refractivity contribution in [1.82, 2.24) is 0 Å². The maximum Gasteiger partial charge on any atom is 0.340 e. The van der Waals surface area contributed by atoms with Crippen LogP contribution in [0.5, 0.6) is 0 Å². The van der Waals surface area contributed by atoms with Crippen LogP contribution in [0, 0.1) is 6.92 Å². The number of para-hydroxylation sites is 1. The number of ether oxygens (including phenoxy) is 1. The molecule has 2 aromatic rings. The summed E-state index contributed by atoms with van der Waals surface area (Å²) in [5, 5.41) is 0.362. The minimum absolute atomic E-state index is 0.0900. The van der Waals surface area contributed by atoms with Crippen LogP contribution in [0.1, 0.15) is 15.9 Å². The lowest BCUT2D eigenvalue weighted by Crippen LogP contribution is -2.29. The molecule has 0 radical (unpaired) electrons. The Hall–Kier alpha value is -2.05. The minimum Gasteiger partial charge on any atom is -0.465 e. The molecule has 0 N–H and O–H groups in total. The van der Waals surface area contributed by atoms with Gasteiger partial charge in [0.05, 0.1) is 23.3 Å². The van der Waals surface area contributed by atoms with Crippen molar-refractivity contribution in [3.05, 3.63) is 58.6 Å². The maximum absolute atomic E-state index is 12.9. The number of nitrogens with zero attached hydrogens (tertiary/aromatic N) is 1. The molecule has 0 saturated carbocycles. The van der Waals surface area contributed by atoms with Crippen LogP contribution in [-0.2, 0) is 14.8 Å². The summed E-state index contributed by atoms with van der Waals surface area (Å²) in [4.78, 5) is 11.9. The summed E-state index contributed by atoms with van der Waals surface area (Å²) in [6.45, 7) is 1.63. The second-order valence-electron chi connectivity index (χ2n) is 4.84. The van der Waals surface area contributed by atoms with E-state index in [1.807, 2.05) is 0 Å². The Labute approximate surface area is 140 Å². The Balaban J connectivity index is 2.58. The number of hydrogen-bond acceptors (Lipinski definition) is 4. The molecule has 0 amide bonds. The highest BCUT2D eigenvalue weighted by atomic mass is 35.5. The summed E-state index contributed by atoms with van der Waals surface area (Å²) < 4.78 is 31.5. The average molecular weight is 354 g/mol. The number of methoxy groups -OCH3 is 1. The Morgan fingerprint density at radius 2 is 1.78 bits per heavy atom. The van der Waals surface area contributed by atoms with Gasteiger partial charge in [0.15, 0.2) is 0 Å². The monoisotopic (exact) mass is 353 g/mol. The van der Waals surface area contributed by atoms with Crippen LogP contribution >= 0.6 is 11.6 Å². The van der Waals surface area contributed by atoms with E-state index < -0.39 is 16.0 Å². The molecule has 7 heteroatoms. The first-order chi connectivity index (χ1) is 10.8. The van der Waals surface area contributed by atoms with Crippen molar-refractivity contribution in [3.63, 3.8) is 0 Å². The van der Waals surface area contributed by atoms with Crippen molar-refractivity contribution in [2.24, 2.45) is 0 Å². The summed E-state index contributed by atoms with van der Waals surface area (Å²) in [7, 11) is -1.24. The number of sulfonamides is 1. The third-order valence-corrected chi connectivity index (χ3v) is 5.83. The second-order valence-corrected chi connectivity index (χ2v) is 7.19.